The summed E-state index contributed by atoms with van der Waals surface area (Å²) in [6, 6.07) is 3.34. The third-order valence-electron chi connectivity index (χ3n) is 4.59. The molecule has 0 fully saturated rings. The summed E-state index contributed by atoms with van der Waals surface area (Å²) in [5.41, 5.74) is 6.94. The highest BCUT2D eigenvalue weighted by atomic mass is 19.4. The summed E-state index contributed by atoms with van der Waals surface area (Å²) in [7, 11) is 1.24. The van der Waals surface area contributed by atoms with Crippen molar-refractivity contribution >= 4 is 11.6 Å². The van der Waals surface area contributed by atoms with Crippen LogP contribution in [0.3, 0.4) is 0 Å². The number of aromatic nitrogens is 3. The summed E-state index contributed by atoms with van der Waals surface area (Å²) in [5.74, 6) is -0.576. The Morgan fingerprint density at radius 3 is 2.68 bits per heavy atom. The van der Waals surface area contributed by atoms with Crippen molar-refractivity contribution in [3.63, 3.8) is 0 Å². The standard InChI is InChI=1S/C19H19F3N4O2/c1-10-8-14(19(20,21)22)16(25-11(10)2)13-5-4-12(9-15(23)18(27)28-3)26-7-6-24-17(13)26/h4-8,15H,9,23H2,1-3H3/t15-/m0/s1. The van der Waals surface area contributed by atoms with E-state index < -0.39 is 23.8 Å². The SMILES string of the molecule is COC(=O)[C@@H](N)Cc1ccc(-c2nc(C)c(C)cc2C(F)(F)F)c2nccn12. The predicted octanol–water partition coefficient (Wildman–Crippen LogP) is 3.07. The zero-order valence-corrected chi connectivity index (χ0v) is 15.5. The van der Waals surface area contributed by atoms with E-state index >= 15 is 0 Å². The summed E-state index contributed by atoms with van der Waals surface area (Å²) >= 11 is 0. The molecule has 148 valence electrons. The molecule has 3 heterocycles. The molecule has 2 N–H and O–H groups in total. The van der Waals surface area contributed by atoms with Gasteiger partial charge in [-0.15, -0.1) is 0 Å². The third-order valence-corrected chi connectivity index (χ3v) is 4.59. The highest BCUT2D eigenvalue weighted by Crippen LogP contribution is 2.38. The molecule has 3 aromatic heterocycles. The first kappa shape index (κ1) is 19.8. The Hall–Kier alpha value is -2.94. The first-order valence-corrected chi connectivity index (χ1v) is 8.47. The van der Waals surface area contributed by atoms with E-state index in [0.29, 0.717) is 22.6 Å². The van der Waals surface area contributed by atoms with Gasteiger partial charge in [0.05, 0.1) is 18.4 Å². The van der Waals surface area contributed by atoms with Crippen LogP contribution in [0.2, 0.25) is 0 Å². The summed E-state index contributed by atoms with van der Waals surface area (Å²) in [6.07, 6.45) is -1.34. The highest BCUT2D eigenvalue weighted by Gasteiger charge is 2.36. The minimum atomic E-state index is -4.56. The number of methoxy groups -OCH3 is 1. The summed E-state index contributed by atoms with van der Waals surface area (Å²) in [4.78, 5) is 20.0. The molecular weight excluding hydrogens is 373 g/mol. The van der Waals surface area contributed by atoms with Crippen LogP contribution in [0.5, 0.6) is 0 Å². The molecule has 0 saturated heterocycles. The Morgan fingerprint density at radius 1 is 1.32 bits per heavy atom. The number of ether oxygens (including phenoxy) is 1. The average Bonchev–Trinajstić information content (AvgIpc) is 3.12. The van der Waals surface area contributed by atoms with Gasteiger partial charge < -0.3 is 14.9 Å². The van der Waals surface area contributed by atoms with E-state index in [2.05, 4.69) is 14.7 Å². The number of carbonyl (C=O) groups excluding carboxylic acids is 1. The number of esters is 1. The summed E-state index contributed by atoms with van der Waals surface area (Å²) in [6.45, 7) is 3.25. The fourth-order valence-corrected chi connectivity index (χ4v) is 3.01. The van der Waals surface area contributed by atoms with Crippen LogP contribution in [0.25, 0.3) is 16.9 Å². The van der Waals surface area contributed by atoms with Crippen molar-refractivity contribution in [2.24, 2.45) is 5.73 Å². The van der Waals surface area contributed by atoms with E-state index in [-0.39, 0.29) is 17.7 Å². The van der Waals surface area contributed by atoms with Gasteiger partial charge in [-0.05, 0) is 37.6 Å². The Morgan fingerprint density at radius 2 is 2.04 bits per heavy atom. The molecule has 1 atom stereocenters. The fourth-order valence-electron chi connectivity index (χ4n) is 3.01. The first-order valence-electron chi connectivity index (χ1n) is 8.47. The maximum Gasteiger partial charge on any atom is 0.418 e. The molecule has 0 amide bonds. The number of aryl methyl sites for hydroxylation is 2. The van der Waals surface area contributed by atoms with Crippen LogP contribution in [0, 0.1) is 13.8 Å². The van der Waals surface area contributed by atoms with Crippen LogP contribution in [0.1, 0.15) is 22.5 Å². The normalized spacial score (nSPS) is 13.0. The highest BCUT2D eigenvalue weighted by molar-refractivity contribution is 5.79. The van der Waals surface area contributed by atoms with Crippen molar-refractivity contribution in [1.29, 1.82) is 0 Å². The molecule has 0 aliphatic carbocycles. The van der Waals surface area contributed by atoms with Gasteiger partial charge in [0.15, 0.2) is 0 Å². The number of nitrogens with zero attached hydrogens (tertiary/aromatic N) is 3. The van der Waals surface area contributed by atoms with Gasteiger partial charge in [0.1, 0.15) is 11.7 Å². The second kappa shape index (κ2) is 7.23. The van der Waals surface area contributed by atoms with Gasteiger partial charge >= 0.3 is 12.1 Å². The van der Waals surface area contributed by atoms with Crippen LogP contribution in [-0.4, -0.2) is 33.5 Å². The van der Waals surface area contributed by atoms with Gasteiger partial charge in [0.25, 0.3) is 0 Å². The van der Waals surface area contributed by atoms with Crippen LogP contribution in [0.4, 0.5) is 13.2 Å². The number of fused-ring (bicyclic) bond motifs is 1. The molecule has 0 saturated carbocycles. The van der Waals surface area contributed by atoms with E-state index in [1.807, 2.05) is 0 Å². The lowest BCUT2D eigenvalue weighted by atomic mass is 10.0. The molecule has 6 nitrogen and oxygen atoms in total. The number of imidazole rings is 1. The zero-order valence-electron chi connectivity index (χ0n) is 15.5. The van der Waals surface area contributed by atoms with Crippen molar-refractivity contribution in [3.8, 4) is 11.3 Å². The van der Waals surface area contributed by atoms with Crippen LogP contribution in [-0.2, 0) is 22.1 Å². The first-order chi connectivity index (χ1) is 13.1. The second-order valence-corrected chi connectivity index (χ2v) is 6.48. The molecule has 0 radical (unpaired) electrons. The van der Waals surface area contributed by atoms with Crippen LogP contribution >= 0.6 is 0 Å². The molecule has 0 aromatic carbocycles. The van der Waals surface area contributed by atoms with Crippen molar-refractivity contribution < 1.29 is 22.7 Å². The molecule has 3 rings (SSSR count). The zero-order chi connectivity index (χ0) is 20.6. The van der Waals surface area contributed by atoms with Gasteiger partial charge in [0.2, 0.25) is 0 Å². The topological polar surface area (TPSA) is 82.5 Å². The minimum Gasteiger partial charge on any atom is -0.468 e. The number of halogens is 3. The number of carbonyl (C=O) groups is 1. The van der Waals surface area contributed by atoms with Crippen LogP contribution in [0.15, 0.2) is 30.6 Å². The fraction of sp³-hybridized carbons (Fsp3) is 0.316. The Bertz CT molecular complexity index is 1040. The van der Waals surface area contributed by atoms with E-state index in [9.17, 15) is 18.0 Å². The molecule has 9 heteroatoms. The number of alkyl halides is 3. The lowest BCUT2D eigenvalue weighted by molar-refractivity contribution is -0.142. The molecule has 0 bridgehead atoms. The summed E-state index contributed by atoms with van der Waals surface area (Å²) in [5, 5.41) is 0. The van der Waals surface area contributed by atoms with E-state index in [0.717, 1.165) is 6.07 Å². The molecular formula is C19H19F3N4O2. The number of hydrogen-bond acceptors (Lipinski definition) is 5. The number of nitrogens with two attached hydrogens (primary N) is 1. The van der Waals surface area contributed by atoms with Crippen molar-refractivity contribution in [1.82, 2.24) is 14.4 Å². The number of rotatable bonds is 4. The van der Waals surface area contributed by atoms with Crippen molar-refractivity contribution in [3.05, 3.63) is 53.1 Å². The van der Waals surface area contributed by atoms with Gasteiger partial charge in [-0.1, -0.05) is 0 Å². The minimum absolute atomic E-state index is 0.145. The summed E-state index contributed by atoms with van der Waals surface area (Å²) < 4.78 is 47.1. The van der Waals surface area contributed by atoms with Crippen LogP contribution < -0.4 is 5.73 Å². The van der Waals surface area contributed by atoms with Gasteiger partial charge in [-0.25, -0.2) is 4.98 Å². The second-order valence-electron chi connectivity index (χ2n) is 6.48. The van der Waals surface area contributed by atoms with Crippen molar-refractivity contribution in [2.75, 3.05) is 7.11 Å². The molecule has 0 aliphatic heterocycles. The largest absolute Gasteiger partial charge is 0.468 e. The number of hydrogen-bond donors (Lipinski definition) is 1. The average molecular weight is 392 g/mol. The molecule has 3 aromatic rings. The molecule has 0 aliphatic rings. The van der Waals surface area contributed by atoms with E-state index in [4.69, 9.17) is 5.73 Å². The van der Waals surface area contributed by atoms with Crippen molar-refractivity contribution in [2.45, 2.75) is 32.5 Å². The third kappa shape index (κ3) is 3.57. The smallest absolute Gasteiger partial charge is 0.418 e. The monoisotopic (exact) mass is 392 g/mol. The Balaban J connectivity index is 2.17. The molecule has 28 heavy (non-hydrogen) atoms. The maximum absolute atomic E-state index is 13.6. The maximum atomic E-state index is 13.6. The Kier molecular flexibility index (Phi) is 5.12. The molecule has 0 unspecified atom stereocenters. The van der Waals surface area contributed by atoms with Gasteiger partial charge in [-0.2, -0.15) is 13.2 Å². The lowest BCUT2D eigenvalue weighted by Crippen LogP contribution is -2.34. The molecule has 0 spiro atoms. The quantitative estimate of drug-likeness (QED) is 0.690. The lowest BCUT2D eigenvalue weighted by Gasteiger charge is -2.17. The predicted molar refractivity (Wildman–Crippen MR) is 96.6 cm³/mol. The van der Waals surface area contributed by atoms with Gasteiger partial charge in [0, 0.05) is 35.8 Å². The van der Waals surface area contributed by atoms with Gasteiger partial charge in [-0.3, -0.25) is 9.78 Å². The number of pyridine rings is 2. The van der Waals surface area contributed by atoms with E-state index in [1.54, 1.807) is 30.5 Å². The Labute approximate surface area is 159 Å². The van der Waals surface area contributed by atoms with E-state index in [1.165, 1.54) is 19.4 Å².